The molecule has 1 aliphatic heterocycles. The van der Waals surface area contributed by atoms with Crippen molar-refractivity contribution in [2.24, 2.45) is 5.92 Å². The molecule has 8 heteroatoms. The van der Waals surface area contributed by atoms with Gasteiger partial charge in [-0.25, -0.2) is 0 Å². The van der Waals surface area contributed by atoms with Crippen molar-refractivity contribution in [1.29, 1.82) is 0 Å². The number of ketones is 1. The smallest absolute Gasteiger partial charge is 0.287 e. The van der Waals surface area contributed by atoms with Crippen molar-refractivity contribution in [3.8, 4) is 0 Å². The van der Waals surface area contributed by atoms with Gasteiger partial charge >= 0.3 is 0 Å². The summed E-state index contributed by atoms with van der Waals surface area (Å²) in [7, 11) is 0. The van der Waals surface area contributed by atoms with Gasteiger partial charge in [-0.1, -0.05) is 32.0 Å². The maximum atomic E-state index is 12.7. The van der Waals surface area contributed by atoms with Crippen LogP contribution in [0.5, 0.6) is 0 Å². The highest BCUT2D eigenvalue weighted by Crippen LogP contribution is 2.19. The van der Waals surface area contributed by atoms with Crippen molar-refractivity contribution >= 4 is 28.6 Å². The average molecular weight is 388 g/mol. The van der Waals surface area contributed by atoms with E-state index in [0.717, 1.165) is 5.39 Å². The number of para-hydroxylation sites is 1. The quantitative estimate of drug-likeness (QED) is 0.779. The van der Waals surface area contributed by atoms with Gasteiger partial charge in [0.2, 0.25) is 5.91 Å². The first-order chi connectivity index (χ1) is 13.4. The molecule has 0 radical (unpaired) electrons. The molecule has 1 aromatic heterocycles. The zero-order valence-corrected chi connectivity index (χ0v) is 15.9. The fourth-order valence-electron chi connectivity index (χ4n) is 2.98. The molecule has 1 fully saturated rings. The van der Waals surface area contributed by atoms with Gasteiger partial charge in [-0.05, 0) is 24.5 Å². The SMILES string of the molecule is CC(C)C[C@H](NC(=O)c1cc2ccccc2o1)C(=O)NC1COCOCC1=O. The van der Waals surface area contributed by atoms with Gasteiger partial charge in [-0.15, -0.1) is 0 Å². The lowest BCUT2D eigenvalue weighted by Crippen LogP contribution is -2.53. The molecule has 3 rings (SSSR count). The summed E-state index contributed by atoms with van der Waals surface area (Å²) in [4.78, 5) is 37.4. The second kappa shape index (κ2) is 8.99. The molecule has 1 aliphatic rings. The number of furan rings is 1. The molecule has 28 heavy (non-hydrogen) atoms. The summed E-state index contributed by atoms with van der Waals surface area (Å²) in [6.45, 7) is 3.82. The Kier molecular flexibility index (Phi) is 6.43. The zero-order chi connectivity index (χ0) is 20.1. The van der Waals surface area contributed by atoms with Gasteiger partial charge in [0.25, 0.3) is 5.91 Å². The second-order valence-corrected chi connectivity index (χ2v) is 7.17. The molecule has 2 amide bonds. The Morgan fingerprint density at radius 1 is 1.21 bits per heavy atom. The van der Waals surface area contributed by atoms with E-state index in [-0.39, 0.29) is 37.5 Å². The van der Waals surface area contributed by atoms with E-state index >= 15 is 0 Å². The van der Waals surface area contributed by atoms with E-state index in [2.05, 4.69) is 10.6 Å². The molecule has 0 aliphatic carbocycles. The third-order valence-corrected chi connectivity index (χ3v) is 4.38. The summed E-state index contributed by atoms with van der Waals surface area (Å²) >= 11 is 0. The number of Topliss-reactive ketones (excluding diaryl/α,β-unsaturated/α-hetero) is 1. The van der Waals surface area contributed by atoms with Crippen LogP contribution < -0.4 is 10.6 Å². The number of ether oxygens (including phenoxy) is 2. The number of carbonyl (C=O) groups is 3. The molecule has 1 saturated heterocycles. The highest BCUT2D eigenvalue weighted by molar-refractivity contribution is 5.99. The molecule has 1 aromatic carbocycles. The Bertz CT molecular complexity index is 826. The highest BCUT2D eigenvalue weighted by Gasteiger charge is 2.29. The number of amides is 2. The standard InChI is InChI=1S/C20H24N2O6/c1-12(2)7-14(19(24)22-15-9-26-11-27-10-16(15)23)21-20(25)18-8-13-5-3-4-6-17(13)28-18/h3-6,8,12,14-15H,7,9-11H2,1-2H3,(H,21,25)(H,22,24)/t14-,15?/m0/s1. The predicted octanol–water partition coefficient (Wildman–Crippen LogP) is 1.64. The van der Waals surface area contributed by atoms with Crippen LogP contribution in [0.4, 0.5) is 0 Å². The Labute approximate surface area is 162 Å². The third-order valence-electron chi connectivity index (χ3n) is 4.38. The molecular formula is C20H24N2O6. The summed E-state index contributed by atoms with van der Waals surface area (Å²) in [5.74, 6) is -0.912. The van der Waals surface area contributed by atoms with Crippen molar-refractivity contribution < 1.29 is 28.3 Å². The van der Waals surface area contributed by atoms with Crippen LogP contribution in [-0.2, 0) is 19.1 Å². The Morgan fingerprint density at radius 2 is 2.00 bits per heavy atom. The van der Waals surface area contributed by atoms with E-state index in [4.69, 9.17) is 13.9 Å². The molecule has 0 saturated carbocycles. The minimum atomic E-state index is -0.808. The minimum absolute atomic E-state index is 0.0102. The molecule has 150 valence electrons. The molecule has 0 bridgehead atoms. The van der Waals surface area contributed by atoms with E-state index < -0.39 is 23.9 Å². The predicted molar refractivity (Wildman–Crippen MR) is 101 cm³/mol. The number of fused-ring (bicyclic) bond motifs is 1. The van der Waals surface area contributed by atoms with Crippen molar-refractivity contribution in [1.82, 2.24) is 10.6 Å². The van der Waals surface area contributed by atoms with Crippen LogP contribution in [0.3, 0.4) is 0 Å². The Balaban J connectivity index is 1.70. The van der Waals surface area contributed by atoms with Crippen LogP contribution in [-0.4, -0.2) is 49.7 Å². The highest BCUT2D eigenvalue weighted by atomic mass is 16.7. The maximum absolute atomic E-state index is 12.7. The van der Waals surface area contributed by atoms with Crippen molar-refractivity contribution in [3.05, 3.63) is 36.1 Å². The molecule has 8 nitrogen and oxygen atoms in total. The lowest BCUT2D eigenvalue weighted by molar-refractivity contribution is -0.130. The maximum Gasteiger partial charge on any atom is 0.287 e. The largest absolute Gasteiger partial charge is 0.451 e. The first kappa shape index (κ1) is 20.0. The summed E-state index contributed by atoms with van der Waals surface area (Å²) in [6, 6.07) is 7.31. The van der Waals surface area contributed by atoms with Crippen LogP contribution in [0.1, 0.15) is 30.8 Å². The minimum Gasteiger partial charge on any atom is -0.451 e. The van der Waals surface area contributed by atoms with Crippen molar-refractivity contribution in [3.63, 3.8) is 0 Å². The van der Waals surface area contributed by atoms with E-state index in [1.165, 1.54) is 0 Å². The Morgan fingerprint density at radius 3 is 2.75 bits per heavy atom. The Hall–Kier alpha value is -2.71. The van der Waals surface area contributed by atoms with Crippen LogP contribution in [0.25, 0.3) is 11.0 Å². The summed E-state index contributed by atoms with van der Waals surface area (Å²) in [6.07, 6.45) is 0.413. The van der Waals surface area contributed by atoms with Crippen molar-refractivity contribution in [2.75, 3.05) is 20.0 Å². The van der Waals surface area contributed by atoms with Gasteiger partial charge in [0, 0.05) is 5.39 Å². The topological polar surface area (TPSA) is 107 Å². The summed E-state index contributed by atoms with van der Waals surface area (Å²) < 4.78 is 15.7. The van der Waals surface area contributed by atoms with Crippen LogP contribution in [0.15, 0.2) is 34.7 Å². The lowest BCUT2D eigenvalue weighted by atomic mass is 10.0. The van der Waals surface area contributed by atoms with E-state index in [9.17, 15) is 14.4 Å². The number of benzene rings is 1. The average Bonchev–Trinajstić information content (AvgIpc) is 3.00. The molecule has 2 N–H and O–H groups in total. The third kappa shape index (κ3) is 4.96. The van der Waals surface area contributed by atoms with Gasteiger partial charge in [0.15, 0.2) is 11.5 Å². The van der Waals surface area contributed by atoms with Gasteiger partial charge in [-0.2, -0.15) is 0 Å². The number of rotatable bonds is 6. The van der Waals surface area contributed by atoms with Crippen LogP contribution in [0, 0.1) is 5.92 Å². The van der Waals surface area contributed by atoms with Crippen LogP contribution >= 0.6 is 0 Å². The van der Waals surface area contributed by atoms with Gasteiger partial charge in [0.05, 0.1) is 6.61 Å². The first-order valence-electron chi connectivity index (χ1n) is 9.22. The summed E-state index contributed by atoms with van der Waals surface area (Å²) in [5.41, 5.74) is 0.596. The van der Waals surface area contributed by atoms with E-state index in [1.54, 1.807) is 12.1 Å². The zero-order valence-electron chi connectivity index (χ0n) is 15.9. The number of nitrogens with one attached hydrogen (secondary N) is 2. The normalized spacial score (nSPS) is 18.7. The van der Waals surface area contributed by atoms with Crippen LogP contribution in [0.2, 0.25) is 0 Å². The lowest BCUT2D eigenvalue weighted by Gasteiger charge is -2.22. The van der Waals surface area contributed by atoms with Gasteiger partial charge < -0.3 is 24.5 Å². The number of hydrogen-bond donors (Lipinski definition) is 2. The van der Waals surface area contributed by atoms with E-state index in [1.807, 2.05) is 32.0 Å². The fraction of sp³-hybridized carbons (Fsp3) is 0.450. The van der Waals surface area contributed by atoms with Gasteiger partial charge in [-0.3, -0.25) is 14.4 Å². The van der Waals surface area contributed by atoms with E-state index in [0.29, 0.717) is 12.0 Å². The molecule has 2 atom stereocenters. The monoisotopic (exact) mass is 388 g/mol. The number of carbonyl (C=O) groups excluding carboxylic acids is 3. The molecular weight excluding hydrogens is 364 g/mol. The molecule has 0 spiro atoms. The molecule has 1 unspecified atom stereocenters. The number of hydrogen-bond acceptors (Lipinski definition) is 6. The van der Waals surface area contributed by atoms with Gasteiger partial charge in [0.1, 0.15) is 31.1 Å². The fourth-order valence-corrected chi connectivity index (χ4v) is 2.98. The molecule has 2 heterocycles. The summed E-state index contributed by atoms with van der Waals surface area (Å²) in [5, 5.41) is 6.18. The second-order valence-electron chi connectivity index (χ2n) is 7.17. The molecule has 2 aromatic rings. The van der Waals surface area contributed by atoms with Crippen molar-refractivity contribution in [2.45, 2.75) is 32.4 Å². The first-order valence-corrected chi connectivity index (χ1v) is 9.22.